The Morgan fingerprint density at radius 1 is 1.55 bits per heavy atom. The van der Waals surface area contributed by atoms with E-state index in [0.717, 1.165) is 12.8 Å². The molecule has 7 heteroatoms. The van der Waals surface area contributed by atoms with Crippen LogP contribution in [0.1, 0.15) is 25.3 Å². The zero-order chi connectivity index (χ0) is 15.9. The van der Waals surface area contributed by atoms with E-state index in [2.05, 4.69) is 16.5 Å². The number of hydrogen-bond donors (Lipinski definition) is 1. The summed E-state index contributed by atoms with van der Waals surface area (Å²) in [5, 5.41) is 19.5. The van der Waals surface area contributed by atoms with Gasteiger partial charge in [0.25, 0.3) is 0 Å². The van der Waals surface area contributed by atoms with Crippen molar-refractivity contribution < 1.29 is 4.79 Å². The fraction of sp³-hybridized carbons (Fsp3) is 0.467. The summed E-state index contributed by atoms with van der Waals surface area (Å²) < 4.78 is 0. The number of hydrazine groups is 1. The van der Waals surface area contributed by atoms with Crippen molar-refractivity contribution in [3.05, 3.63) is 23.9 Å². The molecule has 114 valence electrons. The maximum atomic E-state index is 12.3. The van der Waals surface area contributed by atoms with E-state index < -0.39 is 0 Å². The number of likely N-dealkylation sites (tertiary alicyclic amines) is 1. The van der Waals surface area contributed by atoms with E-state index in [1.165, 1.54) is 6.20 Å². The molecule has 1 aromatic heterocycles. The van der Waals surface area contributed by atoms with Crippen LogP contribution in [0.5, 0.6) is 0 Å². The van der Waals surface area contributed by atoms with Gasteiger partial charge in [-0.25, -0.2) is 9.99 Å². The van der Waals surface area contributed by atoms with Crippen LogP contribution in [0.2, 0.25) is 0 Å². The van der Waals surface area contributed by atoms with Crippen LogP contribution in [0, 0.1) is 22.7 Å². The minimum absolute atomic E-state index is 0.0629. The Balaban J connectivity index is 1.95. The van der Waals surface area contributed by atoms with Gasteiger partial charge in [0, 0.05) is 19.3 Å². The Bertz CT molecular complexity index is 600. The summed E-state index contributed by atoms with van der Waals surface area (Å²) in [6.07, 6.45) is 3.10. The van der Waals surface area contributed by atoms with Crippen molar-refractivity contribution in [2.45, 2.75) is 25.8 Å². The van der Waals surface area contributed by atoms with Gasteiger partial charge >= 0.3 is 0 Å². The lowest BCUT2D eigenvalue weighted by atomic mass is 10.2. The Morgan fingerprint density at radius 3 is 2.95 bits per heavy atom. The number of carbonyl (C=O) groups is 1. The smallest absolute Gasteiger partial charge is 0.239 e. The van der Waals surface area contributed by atoms with Crippen molar-refractivity contribution in [3.8, 4) is 12.1 Å². The average Bonchev–Trinajstić information content (AvgIpc) is 3.03. The van der Waals surface area contributed by atoms with Gasteiger partial charge < -0.3 is 10.3 Å². The summed E-state index contributed by atoms with van der Waals surface area (Å²) in [6.45, 7) is 3.36. The zero-order valence-corrected chi connectivity index (χ0v) is 12.5. The number of nitrogens with one attached hydrogen (secondary N) is 1. The van der Waals surface area contributed by atoms with E-state index >= 15 is 0 Å². The molecule has 2 rings (SSSR count). The molecule has 1 aliphatic rings. The average molecular weight is 298 g/mol. The Hall–Kier alpha value is -2.64. The van der Waals surface area contributed by atoms with Gasteiger partial charge in [0.05, 0.1) is 18.2 Å². The molecule has 22 heavy (non-hydrogen) atoms. The third kappa shape index (κ3) is 3.72. The van der Waals surface area contributed by atoms with Gasteiger partial charge in [0.1, 0.15) is 17.9 Å². The van der Waals surface area contributed by atoms with E-state index in [4.69, 9.17) is 10.5 Å². The first kappa shape index (κ1) is 15.7. The lowest BCUT2D eigenvalue weighted by Gasteiger charge is -2.26. The molecule has 1 fully saturated rings. The number of likely N-dealkylation sites (N-methyl/N-ethyl adjacent to an activating group) is 1. The van der Waals surface area contributed by atoms with Gasteiger partial charge in [-0.15, -0.1) is 0 Å². The molecule has 0 radical (unpaired) electrons. The molecule has 2 heterocycles. The van der Waals surface area contributed by atoms with Crippen molar-refractivity contribution in [2.75, 3.05) is 25.1 Å². The van der Waals surface area contributed by atoms with Crippen LogP contribution in [-0.2, 0) is 4.79 Å². The molecule has 0 unspecified atom stereocenters. The Morgan fingerprint density at radius 2 is 2.36 bits per heavy atom. The zero-order valence-electron chi connectivity index (χ0n) is 12.5. The van der Waals surface area contributed by atoms with Crippen LogP contribution in [0.15, 0.2) is 18.3 Å². The monoisotopic (exact) mass is 298 g/mol. The molecule has 1 N–H and O–H groups in total. The van der Waals surface area contributed by atoms with Crippen molar-refractivity contribution in [1.29, 1.82) is 10.5 Å². The fourth-order valence-electron chi connectivity index (χ4n) is 2.37. The number of nitriles is 2. The van der Waals surface area contributed by atoms with Crippen molar-refractivity contribution in [3.63, 3.8) is 0 Å². The van der Waals surface area contributed by atoms with Gasteiger partial charge in [-0.2, -0.15) is 10.5 Å². The number of hydrogen-bond acceptors (Lipinski definition) is 6. The maximum absolute atomic E-state index is 12.3. The van der Waals surface area contributed by atoms with Crippen LogP contribution >= 0.6 is 0 Å². The van der Waals surface area contributed by atoms with Gasteiger partial charge in [-0.3, -0.25) is 4.79 Å². The molecule has 1 saturated heterocycles. The standard InChI is InChI=1S/C15H18N6O/c1-2-20(19-14-6-5-12(8-16)10-18-14)11-15(22)21-7-3-4-13(21)9-17/h5-6,10,13H,2-4,7,11H2,1H3,(H,18,19)/t13-/m0/s1. The van der Waals surface area contributed by atoms with Crippen molar-refractivity contribution in [2.24, 2.45) is 0 Å². The number of rotatable bonds is 5. The highest BCUT2D eigenvalue weighted by Gasteiger charge is 2.29. The van der Waals surface area contributed by atoms with E-state index in [0.29, 0.717) is 24.5 Å². The second kappa shape index (κ2) is 7.39. The minimum atomic E-state index is -0.306. The van der Waals surface area contributed by atoms with Gasteiger partial charge in [-0.05, 0) is 25.0 Å². The maximum Gasteiger partial charge on any atom is 0.239 e. The quantitative estimate of drug-likeness (QED) is 0.818. The van der Waals surface area contributed by atoms with Crippen LogP contribution < -0.4 is 5.43 Å². The lowest BCUT2D eigenvalue weighted by Crippen LogP contribution is -2.44. The topological polar surface area (TPSA) is 96.0 Å². The molecule has 1 aromatic rings. The van der Waals surface area contributed by atoms with Gasteiger partial charge in [0.15, 0.2) is 0 Å². The third-order valence-corrected chi connectivity index (χ3v) is 3.60. The molecule has 1 amide bonds. The molecule has 0 spiro atoms. The highest BCUT2D eigenvalue weighted by Crippen LogP contribution is 2.16. The first-order valence-electron chi connectivity index (χ1n) is 7.24. The van der Waals surface area contributed by atoms with Gasteiger partial charge in [-0.1, -0.05) is 6.92 Å². The van der Waals surface area contributed by atoms with Crippen molar-refractivity contribution >= 4 is 11.7 Å². The van der Waals surface area contributed by atoms with Crippen molar-refractivity contribution in [1.82, 2.24) is 14.9 Å². The largest absolute Gasteiger partial charge is 0.325 e. The van der Waals surface area contributed by atoms with E-state index in [-0.39, 0.29) is 18.5 Å². The van der Waals surface area contributed by atoms with Crippen LogP contribution in [-0.4, -0.2) is 46.5 Å². The molecule has 0 bridgehead atoms. The molecule has 1 aliphatic heterocycles. The highest BCUT2D eigenvalue weighted by molar-refractivity contribution is 5.79. The summed E-state index contributed by atoms with van der Waals surface area (Å²) in [5.74, 6) is 0.513. The molecule has 0 saturated carbocycles. The van der Waals surface area contributed by atoms with Crippen LogP contribution in [0.4, 0.5) is 5.82 Å². The molecular weight excluding hydrogens is 280 g/mol. The molecule has 0 aromatic carbocycles. The minimum Gasteiger partial charge on any atom is -0.325 e. The normalized spacial score (nSPS) is 17.1. The number of nitrogens with zero attached hydrogens (tertiary/aromatic N) is 5. The number of pyridine rings is 1. The summed E-state index contributed by atoms with van der Waals surface area (Å²) in [7, 11) is 0. The lowest BCUT2D eigenvalue weighted by molar-refractivity contribution is -0.132. The molecule has 7 nitrogen and oxygen atoms in total. The Kier molecular flexibility index (Phi) is 5.29. The molecular formula is C15H18N6O. The third-order valence-electron chi connectivity index (χ3n) is 3.60. The Labute approximate surface area is 129 Å². The number of carbonyl (C=O) groups excluding carboxylic acids is 1. The summed E-state index contributed by atoms with van der Waals surface area (Å²) in [5.41, 5.74) is 3.53. The van der Waals surface area contributed by atoms with Crippen LogP contribution in [0.25, 0.3) is 0 Å². The predicted octanol–water partition coefficient (Wildman–Crippen LogP) is 1.12. The predicted molar refractivity (Wildman–Crippen MR) is 80.2 cm³/mol. The molecule has 1 atom stereocenters. The van der Waals surface area contributed by atoms with E-state index in [1.807, 2.05) is 13.0 Å². The first-order valence-corrected chi connectivity index (χ1v) is 7.24. The number of anilines is 1. The summed E-state index contributed by atoms with van der Waals surface area (Å²) in [4.78, 5) is 18.1. The van der Waals surface area contributed by atoms with E-state index in [1.54, 1.807) is 22.0 Å². The second-order valence-corrected chi connectivity index (χ2v) is 5.04. The first-order chi connectivity index (χ1) is 10.7. The SMILES string of the molecule is CCN(CC(=O)N1CCC[C@H]1C#N)Nc1ccc(C#N)cn1. The molecule has 0 aliphatic carbocycles. The van der Waals surface area contributed by atoms with E-state index in [9.17, 15) is 4.79 Å². The summed E-state index contributed by atoms with van der Waals surface area (Å²) in [6, 6.07) is 7.23. The fourth-order valence-corrected chi connectivity index (χ4v) is 2.37. The van der Waals surface area contributed by atoms with Crippen LogP contribution in [0.3, 0.4) is 0 Å². The highest BCUT2D eigenvalue weighted by atomic mass is 16.2. The van der Waals surface area contributed by atoms with Gasteiger partial charge in [0.2, 0.25) is 5.91 Å². The number of amides is 1. The summed E-state index contributed by atoms with van der Waals surface area (Å²) >= 11 is 0. The number of aromatic nitrogens is 1. The second-order valence-electron chi connectivity index (χ2n) is 5.04.